The van der Waals surface area contributed by atoms with E-state index in [1.54, 1.807) is 6.20 Å². The van der Waals surface area contributed by atoms with Gasteiger partial charge in [0.15, 0.2) is 0 Å². The molecule has 14 heavy (non-hydrogen) atoms. The zero-order chi connectivity index (χ0) is 10.3. The molecule has 0 unspecified atom stereocenters. The Morgan fingerprint density at radius 1 is 1.50 bits per heavy atom. The minimum atomic E-state index is -0.100. The van der Waals surface area contributed by atoms with Gasteiger partial charge in [0.1, 0.15) is 5.82 Å². The first kappa shape index (κ1) is 10.1. The third-order valence-electron chi connectivity index (χ3n) is 2.57. The van der Waals surface area contributed by atoms with Crippen molar-refractivity contribution < 1.29 is 4.39 Å². The van der Waals surface area contributed by atoms with Crippen LogP contribution in [0.15, 0.2) is 10.7 Å². The summed E-state index contributed by atoms with van der Waals surface area (Å²) < 4.78 is 14.8. The summed E-state index contributed by atoms with van der Waals surface area (Å²) in [6, 6.07) is 0. The lowest BCUT2D eigenvalue weighted by molar-refractivity contribution is 0.568. The minimum absolute atomic E-state index is 0.100. The molecule has 0 aromatic carbocycles. The third kappa shape index (κ3) is 1.70. The van der Waals surface area contributed by atoms with E-state index < -0.39 is 0 Å². The summed E-state index contributed by atoms with van der Waals surface area (Å²) in [4.78, 5) is 4.13. The molecule has 1 fully saturated rings. The number of aromatic nitrogens is 1. The van der Waals surface area contributed by atoms with Crippen LogP contribution >= 0.6 is 15.9 Å². The van der Waals surface area contributed by atoms with Gasteiger partial charge in [-0.3, -0.25) is 4.98 Å². The van der Waals surface area contributed by atoms with E-state index in [-0.39, 0.29) is 11.7 Å². The van der Waals surface area contributed by atoms with Crippen LogP contribution in [-0.4, -0.2) is 4.98 Å². The third-order valence-corrected chi connectivity index (χ3v) is 3.20. The van der Waals surface area contributed by atoms with Crippen LogP contribution in [0.1, 0.15) is 49.8 Å². The smallest absolute Gasteiger partial charge is 0.149 e. The Kier molecular flexibility index (Phi) is 2.60. The fourth-order valence-electron chi connectivity index (χ4n) is 1.64. The van der Waals surface area contributed by atoms with Crippen LogP contribution in [-0.2, 0) is 0 Å². The molecule has 1 aromatic heterocycles. The SMILES string of the molecule is CC(C)c1ncc(Br)c(C2CC2)c1F. The van der Waals surface area contributed by atoms with Crippen molar-refractivity contribution in [3.8, 4) is 0 Å². The van der Waals surface area contributed by atoms with Crippen molar-refractivity contribution in [1.82, 2.24) is 4.98 Å². The van der Waals surface area contributed by atoms with Crippen molar-refractivity contribution in [3.05, 3.63) is 27.7 Å². The van der Waals surface area contributed by atoms with Crippen molar-refractivity contribution in [2.24, 2.45) is 0 Å². The molecule has 1 nitrogen and oxygen atoms in total. The zero-order valence-electron chi connectivity index (χ0n) is 8.35. The first-order valence-corrected chi connectivity index (χ1v) is 5.74. The molecular formula is C11H13BrFN. The Balaban J connectivity index is 2.50. The van der Waals surface area contributed by atoms with Gasteiger partial charge in [-0.15, -0.1) is 0 Å². The highest BCUT2D eigenvalue weighted by molar-refractivity contribution is 9.10. The van der Waals surface area contributed by atoms with Gasteiger partial charge >= 0.3 is 0 Å². The highest BCUT2D eigenvalue weighted by Crippen LogP contribution is 2.45. The van der Waals surface area contributed by atoms with E-state index in [9.17, 15) is 4.39 Å². The second-order valence-corrected chi connectivity index (χ2v) is 5.00. The highest BCUT2D eigenvalue weighted by atomic mass is 79.9. The molecule has 0 aliphatic heterocycles. The summed E-state index contributed by atoms with van der Waals surface area (Å²) in [6.45, 7) is 3.94. The average Bonchev–Trinajstić information content (AvgIpc) is 2.87. The van der Waals surface area contributed by atoms with Gasteiger partial charge in [-0.2, -0.15) is 0 Å². The predicted molar refractivity (Wildman–Crippen MR) is 58.0 cm³/mol. The summed E-state index contributed by atoms with van der Waals surface area (Å²) in [5, 5.41) is 0. The Morgan fingerprint density at radius 3 is 2.64 bits per heavy atom. The van der Waals surface area contributed by atoms with E-state index in [4.69, 9.17) is 0 Å². The number of nitrogens with zero attached hydrogens (tertiary/aromatic N) is 1. The van der Waals surface area contributed by atoms with E-state index in [0.717, 1.165) is 22.9 Å². The van der Waals surface area contributed by atoms with Crippen LogP contribution in [0.2, 0.25) is 0 Å². The first-order chi connectivity index (χ1) is 6.61. The Bertz CT molecular complexity index is 359. The molecule has 0 saturated heterocycles. The van der Waals surface area contributed by atoms with Crippen LogP contribution in [0.4, 0.5) is 4.39 Å². The summed E-state index contributed by atoms with van der Waals surface area (Å²) in [7, 11) is 0. The van der Waals surface area contributed by atoms with Crippen molar-refractivity contribution in [3.63, 3.8) is 0 Å². The average molecular weight is 258 g/mol. The van der Waals surface area contributed by atoms with Gasteiger partial charge in [-0.25, -0.2) is 4.39 Å². The van der Waals surface area contributed by atoms with Crippen molar-refractivity contribution in [2.75, 3.05) is 0 Å². The van der Waals surface area contributed by atoms with Crippen LogP contribution in [0.3, 0.4) is 0 Å². The molecule has 0 amide bonds. The van der Waals surface area contributed by atoms with Gasteiger partial charge in [0.25, 0.3) is 0 Å². The lowest BCUT2D eigenvalue weighted by Crippen LogP contribution is -2.02. The molecule has 0 bridgehead atoms. The van der Waals surface area contributed by atoms with Gasteiger partial charge in [-0.1, -0.05) is 13.8 Å². The fraction of sp³-hybridized carbons (Fsp3) is 0.545. The maximum absolute atomic E-state index is 14.0. The summed E-state index contributed by atoms with van der Waals surface area (Å²) in [6.07, 6.45) is 3.94. The molecule has 1 saturated carbocycles. The first-order valence-electron chi connectivity index (χ1n) is 4.95. The van der Waals surface area contributed by atoms with Crippen LogP contribution in [0.25, 0.3) is 0 Å². The molecule has 0 spiro atoms. The monoisotopic (exact) mass is 257 g/mol. The molecule has 0 atom stereocenters. The Morgan fingerprint density at radius 2 is 2.14 bits per heavy atom. The second-order valence-electron chi connectivity index (χ2n) is 4.15. The molecule has 0 N–H and O–H groups in total. The molecule has 2 rings (SSSR count). The summed E-state index contributed by atoms with van der Waals surface area (Å²) >= 11 is 3.37. The maximum Gasteiger partial charge on any atom is 0.149 e. The van der Waals surface area contributed by atoms with E-state index in [1.165, 1.54) is 0 Å². The molecule has 3 heteroatoms. The van der Waals surface area contributed by atoms with Gasteiger partial charge in [-0.05, 0) is 40.6 Å². The normalized spacial score (nSPS) is 16.4. The highest BCUT2D eigenvalue weighted by Gasteiger charge is 2.30. The largest absolute Gasteiger partial charge is 0.257 e. The van der Waals surface area contributed by atoms with E-state index in [0.29, 0.717) is 11.6 Å². The molecular weight excluding hydrogens is 245 g/mol. The second kappa shape index (κ2) is 3.61. The number of rotatable bonds is 2. The van der Waals surface area contributed by atoms with Gasteiger partial charge < -0.3 is 0 Å². The van der Waals surface area contributed by atoms with Gasteiger partial charge in [0.05, 0.1) is 5.69 Å². The topological polar surface area (TPSA) is 12.9 Å². The lowest BCUT2D eigenvalue weighted by Gasteiger charge is -2.11. The van der Waals surface area contributed by atoms with Crippen LogP contribution < -0.4 is 0 Å². The molecule has 0 radical (unpaired) electrons. The van der Waals surface area contributed by atoms with Crippen LogP contribution in [0, 0.1) is 5.82 Å². The fourth-order valence-corrected chi connectivity index (χ4v) is 2.24. The van der Waals surface area contributed by atoms with Gasteiger partial charge in [0, 0.05) is 16.2 Å². The van der Waals surface area contributed by atoms with Crippen LogP contribution in [0.5, 0.6) is 0 Å². The quantitative estimate of drug-likeness (QED) is 0.781. The lowest BCUT2D eigenvalue weighted by atomic mass is 10.0. The summed E-state index contributed by atoms with van der Waals surface area (Å²) in [5.41, 5.74) is 1.43. The Labute approximate surface area is 91.9 Å². The minimum Gasteiger partial charge on any atom is -0.257 e. The molecule has 1 heterocycles. The molecule has 1 aliphatic carbocycles. The molecule has 1 aromatic rings. The molecule has 76 valence electrons. The predicted octanol–water partition coefficient (Wildman–Crippen LogP) is 3.98. The van der Waals surface area contributed by atoms with E-state index in [1.807, 2.05) is 13.8 Å². The van der Waals surface area contributed by atoms with E-state index in [2.05, 4.69) is 20.9 Å². The maximum atomic E-state index is 14.0. The molecule has 1 aliphatic rings. The number of hydrogen-bond acceptors (Lipinski definition) is 1. The number of hydrogen-bond donors (Lipinski definition) is 0. The zero-order valence-corrected chi connectivity index (χ0v) is 9.94. The number of pyridine rings is 1. The summed E-state index contributed by atoms with van der Waals surface area (Å²) in [5.74, 6) is 0.474. The van der Waals surface area contributed by atoms with Crippen molar-refractivity contribution in [1.29, 1.82) is 0 Å². The van der Waals surface area contributed by atoms with Crippen molar-refractivity contribution in [2.45, 2.75) is 38.5 Å². The van der Waals surface area contributed by atoms with E-state index >= 15 is 0 Å². The van der Waals surface area contributed by atoms with Gasteiger partial charge in [0.2, 0.25) is 0 Å². The standard InChI is InChI=1S/C11H13BrFN/c1-6(2)11-10(13)9(7-3-4-7)8(12)5-14-11/h5-7H,3-4H2,1-2H3. The number of halogens is 2. The Hall–Kier alpha value is -0.440. The van der Waals surface area contributed by atoms with Crippen molar-refractivity contribution >= 4 is 15.9 Å².